The number of benzene rings is 1. The molecule has 0 saturated carbocycles. The van der Waals surface area contributed by atoms with Gasteiger partial charge in [0, 0.05) is 23.5 Å². The molecular weight excluding hydrogens is 238 g/mol. The molecule has 4 nitrogen and oxygen atoms in total. The molecule has 0 bridgehead atoms. The number of ether oxygens (including phenoxy) is 1. The fourth-order valence-corrected chi connectivity index (χ4v) is 1.99. The smallest absolute Gasteiger partial charge is 0.163 e. The van der Waals surface area contributed by atoms with Crippen LogP contribution in [0, 0.1) is 6.92 Å². The lowest BCUT2D eigenvalue weighted by molar-refractivity contribution is 0.341. The van der Waals surface area contributed by atoms with E-state index in [0.717, 1.165) is 22.6 Å². The topological polar surface area (TPSA) is 61.0 Å². The lowest BCUT2D eigenvalue weighted by Crippen LogP contribution is -2.09. The molecular formula is C15H19N3O. The van der Waals surface area contributed by atoms with Crippen molar-refractivity contribution >= 4 is 0 Å². The first kappa shape index (κ1) is 13.5. The molecule has 1 heterocycles. The van der Waals surface area contributed by atoms with Crippen molar-refractivity contribution < 1.29 is 4.74 Å². The number of hydrogen-bond donors (Lipinski definition) is 1. The van der Waals surface area contributed by atoms with Crippen LogP contribution in [0.15, 0.2) is 30.5 Å². The Kier molecular flexibility index (Phi) is 4.12. The molecule has 0 amide bonds. The first-order valence-corrected chi connectivity index (χ1v) is 6.44. The van der Waals surface area contributed by atoms with Crippen molar-refractivity contribution in [2.75, 3.05) is 6.61 Å². The average molecular weight is 257 g/mol. The molecule has 0 aliphatic carbocycles. The Morgan fingerprint density at radius 3 is 2.68 bits per heavy atom. The SMILES string of the molecule is CCOc1ccccc1-c1ncc([C@H](C)N)c(C)n1. The maximum Gasteiger partial charge on any atom is 0.163 e. The largest absolute Gasteiger partial charge is 0.493 e. The Labute approximate surface area is 113 Å². The number of aryl methyl sites for hydroxylation is 1. The number of nitrogens with two attached hydrogens (primary N) is 1. The van der Waals surface area contributed by atoms with Gasteiger partial charge in [-0.25, -0.2) is 9.97 Å². The van der Waals surface area contributed by atoms with Crippen LogP contribution in [0.25, 0.3) is 11.4 Å². The van der Waals surface area contributed by atoms with Crippen LogP contribution in [0.3, 0.4) is 0 Å². The summed E-state index contributed by atoms with van der Waals surface area (Å²) in [6.45, 7) is 6.46. The summed E-state index contributed by atoms with van der Waals surface area (Å²) in [7, 11) is 0. The number of para-hydroxylation sites is 1. The summed E-state index contributed by atoms with van der Waals surface area (Å²) in [6, 6.07) is 7.73. The van der Waals surface area contributed by atoms with Gasteiger partial charge >= 0.3 is 0 Å². The van der Waals surface area contributed by atoms with E-state index in [1.165, 1.54) is 0 Å². The van der Waals surface area contributed by atoms with Gasteiger partial charge in [-0.05, 0) is 32.9 Å². The molecule has 1 aromatic carbocycles. The Hall–Kier alpha value is -1.94. The van der Waals surface area contributed by atoms with Crippen LogP contribution < -0.4 is 10.5 Å². The molecule has 1 atom stereocenters. The van der Waals surface area contributed by atoms with Gasteiger partial charge in [-0.3, -0.25) is 0 Å². The third kappa shape index (κ3) is 2.90. The van der Waals surface area contributed by atoms with Gasteiger partial charge in [-0.1, -0.05) is 12.1 Å². The number of rotatable bonds is 4. The second-order valence-electron chi connectivity index (χ2n) is 4.45. The van der Waals surface area contributed by atoms with Crippen LogP contribution in [-0.2, 0) is 0 Å². The van der Waals surface area contributed by atoms with E-state index in [9.17, 15) is 0 Å². The lowest BCUT2D eigenvalue weighted by Gasteiger charge is -2.12. The summed E-state index contributed by atoms with van der Waals surface area (Å²) in [5, 5.41) is 0. The fraction of sp³-hybridized carbons (Fsp3) is 0.333. The highest BCUT2D eigenvalue weighted by atomic mass is 16.5. The highest BCUT2D eigenvalue weighted by molar-refractivity contribution is 5.64. The van der Waals surface area contributed by atoms with E-state index in [4.69, 9.17) is 10.5 Å². The number of aromatic nitrogens is 2. The van der Waals surface area contributed by atoms with Crippen molar-refractivity contribution in [3.05, 3.63) is 41.7 Å². The van der Waals surface area contributed by atoms with Crippen LogP contribution in [0.2, 0.25) is 0 Å². The standard InChI is InChI=1S/C15H19N3O/c1-4-19-14-8-6-5-7-12(14)15-17-9-13(10(2)16)11(3)18-15/h5-10H,4,16H2,1-3H3/t10-/m0/s1. The highest BCUT2D eigenvalue weighted by Crippen LogP contribution is 2.28. The molecule has 2 rings (SSSR count). The molecule has 0 radical (unpaired) electrons. The van der Waals surface area contributed by atoms with Crippen molar-refractivity contribution in [3.63, 3.8) is 0 Å². The van der Waals surface area contributed by atoms with Crippen molar-refractivity contribution in [1.82, 2.24) is 9.97 Å². The predicted molar refractivity (Wildman–Crippen MR) is 76.0 cm³/mol. The molecule has 4 heteroatoms. The minimum atomic E-state index is -0.0591. The molecule has 0 fully saturated rings. The molecule has 0 unspecified atom stereocenters. The lowest BCUT2D eigenvalue weighted by atomic mass is 10.1. The van der Waals surface area contributed by atoms with Crippen LogP contribution in [-0.4, -0.2) is 16.6 Å². The van der Waals surface area contributed by atoms with Gasteiger partial charge in [0.15, 0.2) is 5.82 Å². The number of hydrogen-bond acceptors (Lipinski definition) is 4. The molecule has 2 aromatic rings. The van der Waals surface area contributed by atoms with Crippen LogP contribution >= 0.6 is 0 Å². The van der Waals surface area contributed by atoms with Gasteiger partial charge in [0.1, 0.15) is 5.75 Å². The maximum atomic E-state index is 5.88. The van der Waals surface area contributed by atoms with E-state index in [1.807, 2.05) is 45.0 Å². The second kappa shape index (κ2) is 5.80. The van der Waals surface area contributed by atoms with Crippen LogP contribution in [0.5, 0.6) is 5.75 Å². The fourth-order valence-electron chi connectivity index (χ4n) is 1.99. The third-order valence-corrected chi connectivity index (χ3v) is 2.94. The van der Waals surface area contributed by atoms with Gasteiger partial charge in [-0.15, -0.1) is 0 Å². The highest BCUT2D eigenvalue weighted by Gasteiger charge is 2.11. The summed E-state index contributed by atoms with van der Waals surface area (Å²) >= 11 is 0. The Balaban J connectivity index is 2.45. The minimum Gasteiger partial charge on any atom is -0.493 e. The summed E-state index contributed by atoms with van der Waals surface area (Å²) in [4.78, 5) is 8.94. The van der Waals surface area contributed by atoms with Crippen molar-refractivity contribution in [2.24, 2.45) is 5.73 Å². The summed E-state index contributed by atoms with van der Waals surface area (Å²) in [5.41, 5.74) is 8.66. The van der Waals surface area contributed by atoms with Crippen molar-refractivity contribution in [3.8, 4) is 17.1 Å². The monoisotopic (exact) mass is 257 g/mol. The predicted octanol–water partition coefficient (Wildman–Crippen LogP) is 2.87. The zero-order valence-electron chi connectivity index (χ0n) is 11.6. The van der Waals surface area contributed by atoms with Gasteiger partial charge in [-0.2, -0.15) is 0 Å². The summed E-state index contributed by atoms with van der Waals surface area (Å²) in [5.74, 6) is 1.48. The van der Waals surface area contributed by atoms with E-state index in [2.05, 4.69) is 9.97 Å². The van der Waals surface area contributed by atoms with Gasteiger partial charge in [0.2, 0.25) is 0 Å². The quantitative estimate of drug-likeness (QED) is 0.914. The summed E-state index contributed by atoms with van der Waals surface area (Å²) in [6.07, 6.45) is 1.80. The Morgan fingerprint density at radius 1 is 1.32 bits per heavy atom. The molecule has 0 spiro atoms. The molecule has 0 aliphatic rings. The zero-order chi connectivity index (χ0) is 13.8. The molecule has 1 aromatic heterocycles. The maximum absolute atomic E-state index is 5.88. The Morgan fingerprint density at radius 2 is 2.05 bits per heavy atom. The van der Waals surface area contributed by atoms with E-state index < -0.39 is 0 Å². The minimum absolute atomic E-state index is 0.0591. The number of nitrogens with zero attached hydrogens (tertiary/aromatic N) is 2. The second-order valence-corrected chi connectivity index (χ2v) is 4.45. The molecule has 100 valence electrons. The van der Waals surface area contributed by atoms with Crippen LogP contribution in [0.1, 0.15) is 31.1 Å². The van der Waals surface area contributed by atoms with E-state index in [-0.39, 0.29) is 6.04 Å². The molecule has 0 aliphatic heterocycles. The normalized spacial score (nSPS) is 12.2. The van der Waals surface area contributed by atoms with E-state index in [1.54, 1.807) is 6.20 Å². The molecule has 19 heavy (non-hydrogen) atoms. The molecule has 0 saturated heterocycles. The van der Waals surface area contributed by atoms with E-state index >= 15 is 0 Å². The van der Waals surface area contributed by atoms with Crippen molar-refractivity contribution in [1.29, 1.82) is 0 Å². The van der Waals surface area contributed by atoms with Gasteiger partial charge in [0.05, 0.1) is 12.2 Å². The van der Waals surface area contributed by atoms with Crippen molar-refractivity contribution in [2.45, 2.75) is 26.8 Å². The van der Waals surface area contributed by atoms with Gasteiger partial charge in [0.25, 0.3) is 0 Å². The first-order chi connectivity index (χ1) is 9.13. The zero-order valence-corrected chi connectivity index (χ0v) is 11.6. The van der Waals surface area contributed by atoms with E-state index in [0.29, 0.717) is 12.4 Å². The molecule has 2 N–H and O–H groups in total. The average Bonchev–Trinajstić information content (AvgIpc) is 2.39. The first-order valence-electron chi connectivity index (χ1n) is 6.44. The van der Waals surface area contributed by atoms with Crippen LogP contribution in [0.4, 0.5) is 0 Å². The van der Waals surface area contributed by atoms with Gasteiger partial charge < -0.3 is 10.5 Å². The Bertz CT molecular complexity index is 567. The third-order valence-electron chi connectivity index (χ3n) is 2.94. The summed E-state index contributed by atoms with van der Waals surface area (Å²) < 4.78 is 5.60.